The Hall–Kier alpha value is -1.63. The molecule has 6 nitrogen and oxygen atoms in total. The molecule has 0 unspecified atom stereocenters. The lowest BCUT2D eigenvalue weighted by Gasteiger charge is -2.15. The molecule has 0 aromatic heterocycles. The summed E-state index contributed by atoms with van der Waals surface area (Å²) in [6, 6.07) is 5.65. The van der Waals surface area contributed by atoms with Crippen molar-refractivity contribution in [3.8, 4) is 0 Å². The van der Waals surface area contributed by atoms with Gasteiger partial charge in [0.15, 0.2) is 0 Å². The molecule has 132 valence electrons. The molecule has 2 aliphatic rings. The highest BCUT2D eigenvalue weighted by Crippen LogP contribution is 2.23. The lowest BCUT2D eigenvalue weighted by Crippen LogP contribution is -2.30. The highest BCUT2D eigenvalue weighted by atomic mass is 35.5. The minimum Gasteiger partial charge on any atom is -0.364 e. The molecule has 7 heteroatoms. The van der Waals surface area contributed by atoms with Gasteiger partial charge >= 0.3 is 0 Å². The summed E-state index contributed by atoms with van der Waals surface area (Å²) in [7, 11) is 0. The molecular formula is C17H24ClN3O3. The van der Waals surface area contributed by atoms with Crippen LogP contribution in [0.5, 0.6) is 0 Å². The molecule has 24 heavy (non-hydrogen) atoms. The molecule has 1 aliphatic heterocycles. The van der Waals surface area contributed by atoms with Crippen LogP contribution < -0.4 is 16.4 Å². The van der Waals surface area contributed by atoms with Gasteiger partial charge in [-0.15, -0.1) is 12.4 Å². The van der Waals surface area contributed by atoms with Crippen LogP contribution >= 0.6 is 12.4 Å². The molecule has 2 amide bonds. The molecule has 4 N–H and O–H groups in total. The van der Waals surface area contributed by atoms with Crippen molar-refractivity contribution in [2.24, 2.45) is 5.73 Å². The topological polar surface area (TPSA) is 93.5 Å². The summed E-state index contributed by atoms with van der Waals surface area (Å²) >= 11 is 0. The van der Waals surface area contributed by atoms with Crippen molar-refractivity contribution in [2.75, 3.05) is 11.9 Å². The summed E-state index contributed by atoms with van der Waals surface area (Å²) in [5.41, 5.74) is 7.69. The van der Waals surface area contributed by atoms with Crippen LogP contribution in [0, 0.1) is 6.92 Å². The normalized spacial score (nSPS) is 22.6. The lowest BCUT2D eigenvalue weighted by atomic mass is 10.1. The number of carbonyl (C=O) groups excluding carboxylic acids is 2. The fourth-order valence-corrected chi connectivity index (χ4v) is 2.68. The van der Waals surface area contributed by atoms with Crippen molar-refractivity contribution < 1.29 is 14.3 Å². The number of nitrogens with one attached hydrogen (secondary N) is 2. The second-order valence-electron chi connectivity index (χ2n) is 6.33. The van der Waals surface area contributed by atoms with E-state index in [2.05, 4.69) is 10.6 Å². The van der Waals surface area contributed by atoms with Crippen LogP contribution in [0.25, 0.3) is 0 Å². The first-order chi connectivity index (χ1) is 11.1. The van der Waals surface area contributed by atoms with E-state index in [-0.39, 0.29) is 30.3 Å². The standard InChI is InChI=1S/C17H23N3O3.ClH/c1-10-2-3-11(16(21)19-12-4-5-12)8-14(10)20-17(22)15-7-6-13(9-18)23-15;/h2-3,8,12-13,15H,4-7,9,18H2,1H3,(H,19,21)(H,20,22);1H/t13-,15+;/m1./s1. The zero-order valence-corrected chi connectivity index (χ0v) is 14.5. The maximum atomic E-state index is 12.3. The third-order valence-corrected chi connectivity index (χ3v) is 4.33. The van der Waals surface area contributed by atoms with Crippen LogP contribution in [0.2, 0.25) is 0 Å². The number of amides is 2. The van der Waals surface area contributed by atoms with Crippen LogP contribution in [-0.2, 0) is 9.53 Å². The minimum atomic E-state index is -0.466. The van der Waals surface area contributed by atoms with Crippen LogP contribution in [-0.4, -0.2) is 36.6 Å². The number of carbonyl (C=O) groups is 2. The molecule has 3 rings (SSSR count). The largest absolute Gasteiger partial charge is 0.364 e. The summed E-state index contributed by atoms with van der Waals surface area (Å²) in [5, 5.41) is 5.82. The number of nitrogens with two attached hydrogens (primary N) is 1. The number of hydrogen-bond acceptors (Lipinski definition) is 4. The SMILES string of the molecule is Cc1ccc(C(=O)NC2CC2)cc1NC(=O)[C@@H]1CC[C@H](CN)O1.Cl. The monoisotopic (exact) mass is 353 g/mol. The summed E-state index contributed by atoms with van der Waals surface area (Å²) in [6.07, 6.45) is 3.06. The Kier molecular flexibility index (Phi) is 6.21. The van der Waals surface area contributed by atoms with Gasteiger partial charge in [0, 0.05) is 23.8 Å². The molecule has 1 aromatic rings. The van der Waals surface area contributed by atoms with Gasteiger partial charge in [-0.25, -0.2) is 0 Å². The average Bonchev–Trinajstić information content (AvgIpc) is 3.22. The van der Waals surface area contributed by atoms with E-state index in [0.29, 0.717) is 30.3 Å². The third kappa shape index (κ3) is 4.47. The Bertz CT molecular complexity index is 619. The molecule has 0 bridgehead atoms. The fraction of sp³-hybridized carbons (Fsp3) is 0.529. The van der Waals surface area contributed by atoms with E-state index in [1.165, 1.54) is 0 Å². The Labute approximate surface area is 147 Å². The van der Waals surface area contributed by atoms with Crippen molar-refractivity contribution in [1.29, 1.82) is 0 Å². The van der Waals surface area contributed by atoms with Gasteiger partial charge in [-0.3, -0.25) is 9.59 Å². The predicted octanol–water partition coefficient (Wildman–Crippen LogP) is 1.75. The first kappa shape index (κ1) is 18.7. The van der Waals surface area contributed by atoms with Crippen molar-refractivity contribution in [1.82, 2.24) is 5.32 Å². The van der Waals surface area contributed by atoms with E-state index in [9.17, 15) is 9.59 Å². The van der Waals surface area contributed by atoms with Crippen molar-refractivity contribution in [3.05, 3.63) is 29.3 Å². The molecule has 1 saturated carbocycles. The van der Waals surface area contributed by atoms with E-state index >= 15 is 0 Å². The van der Waals surface area contributed by atoms with Gasteiger partial charge < -0.3 is 21.1 Å². The van der Waals surface area contributed by atoms with E-state index in [1.807, 2.05) is 13.0 Å². The molecule has 1 saturated heterocycles. The number of hydrogen-bond donors (Lipinski definition) is 3. The summed E-state index contributed by atoms with van der Waals surface area (Å²) in [4.78, 5) is 24.4. The predicted molar refractivity (Wildman–Crippen MR) is 94.5 cm³/mol. The second-order valence-corrected chi connectivity index (χ2v) is 6.33. The van der Waals surface area contributed by atoms with Gasteiger partial charge in [0.1, 0.15) is 6.10 Å². The number of aryl methyl sites for hydroxylation is 1. The number of ether oxygens (including phenoxy) is 1. The lowest BCUT2D eigenvalue weighted by molar-refractivity contribution is -0.126. The van der Waals surface area contributed by atoms with Crippen LogP contribution in [0.3, 0.4) is 0 Å². The van der Waals surface area contributed by atoms with E-state index in [4.69, 9.17) is 10.5 Å². The van der Waals surface area contributed by atoms with Crippen LogP contribution in [0.15, 0.2) is 18.2 Å². The molecule has 2 fully saturated rings. The van der Waals surface area contributed by atoms with Gasteiger partial charge in [-0.05, 0) is 50.3 Å². The Morgan fingerprint density at radius 2 is 2.00 bits per heavy atom. The second kappa shape index (κ2) is 7.96. The average molecular weight is 354 g/mol. The summed E-state index contributed by atoms with van der Waals surface area (Å²) in [5.74, 6) is -0.271. The van der Waals surface area contributed by atoms with E-state index < -0.39 is 6.10 Å². The first-order valence-electron chi connectivity index (χ1n) is 8.14. The Morgan fingerprint density at radius 3 is 2.62 bits per heavy atom. The van der Waals surface area contributed by atoms with Gasteiger partial charge in [0.05, 0.1) is 6.10 Å². The van der Waals surface area contributed by atoms with Gasteiger partial charge in [-0.1, -0.05) is 6.07 Å². The summed E-state index contributed by atoms with van der Waals surface area (Å²) in [6.45, 7) is 2.33. The molecule has 0 spiro atoms. The fourth-order valence-electron chi connectivity index (χ4n) is 2.68. The maximum Gasteiger partial charge on any atom is 0.253 e. The molecular weight excluding hydrogens is 330 g/mol. The van der Waals surface area contributed by atoms with Crippen molar-refractivity contribution in [3.63, 3.8) is 0 Å². The highest BCUT2D eigenvalue weighted by Gasteiger charge is 2.30. The third-order valence-electron chi connectivity index (χ3n) is 4.33. The van der Waals surface area contributed by atoms with Crippen molar-refractivity contribution in [2.45, 2.75) is 50.9 Å². The van der Waals surface area contributed by atoms with Crippen LogP contribution in [0.1, 0.15) is 41.6 Å². The van der Waals surface area contributed by atoms with E-state index in [0.717, 1.165) is 24.8 Å². The number of rotatable bonds is 5. The molecule has 1 heterocycles. The van der Waals surface area contributed by atoms with Gasteiger partial charge in [0.25, 0.3) is 11.8 Å². The number of halogens is 1. The minimum absolute atomic E-state index is 0. The van der Waals surface area contributed by atoms with E-state index in [1.54, 1.807) is 12.1 Å². The smallest absolute Gasteiger partial charge is 0.253 e. The quantitative estimate of drug-likeness (QED) is 0.751. The molecule has 0 radical (unpaired) electrons. The Morgan fingerprint density at radius 1 is 1.25 bits per heavy atom. The summed E-state index contributed by atoms with van der Waals surface area (Å²) < 4.78 is 5.61. The maximum absolute atomic E-state index is 12.3. The zero-order valence-electron chi connectivity index (χ0n) is 13.7. The number of anilines is 1. The number of benzene rings is 1. The first-order valence-corrected chi connectivity index (χ1v) is 8.14. The van der Waals surface area contributed by atoms with Gasteiger partial charge in [0.2, 0.25) is 0 Å². The van der Waals surface area contributed by atoms with Crippen LogP contribution in [0.4, 0.5) is 5.69 Å². The highest BCUT2D eigenvalue weighted by molar-refractivity contribution is 5.99. The molecule has 1 aromatic carbocycles. The molecule has 1 aliphatic carbocycles. The molecule has 2 atom stereocenters. The Balaban J connectivity index is 0.00000208. The van der Waals surface area contributed by atoms with Gasteiger partial charge in [-0.2, -0.15) is 0 Å². The van der Waals surface area contributed by atoms with Crippen molar-refractivity contribution >= 4 is 29.9 Å². The zero-order chi connectivity index (χ0) is 16.4.